The summed E-state index contributed by atoms with van der Waals surface area (Å²) in [5.74, 6) is 0. The molecule has 1 radical (unpaired) electrons. The highest BCUT2D eigenvalue weighted by atomic mass is 16.3. The highest BCUT2D eigenvalue weighted by molar-refractivity contribution is 5.73. The van der Waals surface area contributed by atoms with E-state index in [-0.39, 0.29) is 25.9 Å². The van der Waals surface area contributed by atoms with Crippen LogP contribution < -0.4 is 0 Å². The molecule has 0 saturated heterocycles. The molecule has 0 aliphatic heterocycles. The largest absolute Gasteiger partial charge is 0.396 e. The second-order valence-electron chi connectivity index (χ2n) is 3.64. The Kier molecular flexibility index (Phi) is 3.62. The zero-order valence-corrected chi connectivity index (χ0v) is 9.15. The lowest BCUT2D eigenvalue weighted by molar-refractivity contribution is 0.129. The van der Waals surface area contributed by atoms with Crippen molar-refractivity contribution >= 4 is 11.2 Å². The number of aromatic nitrogens is 4. The van der Waals surface area contributed by atoms with E-state index in [4.69, 9.17) is 10.2 Å². The van der Waals surface area contributed by atoms with E-state index < -0.39 is 0 Å². The van der Waals surface area contributed by atoms with E-state index >= 15 is 0 Å². The van der Waals surface area contributed by atoms with Crippen molar-refractivity contribution in [1.29, 1.82) is 0 Å². The molecule has 0 amide bonds. The number of aliphatic hydroxyl groups is 2. The monoisotopic (exact) mass is 237 g/mol. The molecule has 0 bridgehead atoms. The quantitative estimate of drug-likeness (QED) is 0.741. The predicted molar refractivity (Wildman–Crippen MR) is 57.5 cm³/mol. The summed E-state index contributed by atoms with van der Waals surface area (Å²) < 4.78 is 1.62. The van der Waals surface area contributed by atoms with Crippen LogP contribution in [0.5, 0.6) is 0 Å². The van der Waals surface area contributed by atoms with Crippen molar-refractivity contribution in [2.24, 2.45) is 0 Å². The minimum absolute atomic E-state index is 0.0650. The molecule has 17 heavy (non-hydrogen) atoms. The molecule has 2 rings (SSSR count). The summed E-state index contributed by atoms with van der Waals surface area (Å²) in [4.78, 5) is 12.1. The van der Waals surface area contributed by atoms with Crippen LogP contribution >= 0.6 is 0 Å². The molecule has 0 saturated carbocycles. The van der Waals surface area contributed by atoms with Crippen molar-refractivity contribution in [2.75, 3.05) is 13.2 Å². The third-order valence-corrected chi connectivity index (χ3v) is 2.63. The molecule has 0 fully saturated rings. The Morgan fingerprint density at radius 2 is 2.12 bits per heavy atom. The lowest BCUT2D eigenvalue weighted by Gasteiger charge is -2.13. The predicted octanol–water partition coefficient (Wildman–Crippen LogP) is -0.327. The van der Waals surface area contributed by atoms with Crippen LogP contribution in [-0.4, -0.2) is 42.9 Å². The Balaban J connectivity index is 2.48. The smallest absolute Gasteiger partial charge is 0.163 e. The number of rotatable bonds is 5. The van der Waals surface area contributed by atoms with Crippen molar-refractivity contribution in [1.82, 2.24) is 19.5 Å². The van der Waals surface area contributed by atoms with E-state index in [1.165, 1.54) is 12.7 Å². The molecule has 2 N–H and O–H groups in total. The first kappa shape index (κ1) is 11.9. The maximum Gasteiger partial charge on any atom is 0.163 e. The SMILES string of the molecule is [O]CC(CCO)n1cnc2c(CO)ncnc21. The van der Waals surface area contributed by atoms with Gasteiger partial charge in [-0.25, -0.2) is 20.1 Å². The van der Waals surface area contributed by atoms with Crippen LogP contribution in [0.1, 0.15) is 18.2 Å². The summed E-state index contributed by atoms with van der Waals surface area (Å²) in [6.07, 6.45) is 3.18. The summed E-state index contributed by atoms with van der Waals surface area (Å²) >= 11 is 0. The zero-order valence-electron chi connectivity index (χ0n) is 9.15. The van der Waals surface area contributed by atoms with Crippen molar-refractivity contribution in [3.63, 3.8) is 0 Å². The molecule has 0 aliphatic rings. The van der Waals surface area contributed by atoms with E-state index in [1.807, 2.05) is 0 Å². The van der Waals surface area contributed by atoms with Gasteiger partial charge in [-0.2, -0.15) is 0 Å². The summed E-state index contributed by atoms with van der Waals surface area (Å²) in [5.41, 5.74) is 1.44. The third kappa shape index (κ3) is 2.12. The van der Waals surface area contributed by atoms with Crippen LogP contribution in [0.4, 0.5) is 0 Å². The van der Waals surface area contributed by atoms with Crippen LogP contribution in [0.3, 0.4) is 0 Å². The molecule has 7 nitrogen and oxygen atoms in total. The first-order valence-corrected chi connectivity index (χ1v) is 5.28. The molecule has 0 aliphatic carbocycles. The molecule has 2 heterocycles. The van der Waals surface area contributed by atoms with Gasteiger partial charge in [0.1, 0.15) is 18.5 Å². The summed E-state index contributed by atoms with van der Waals surface area (Å²) in [6.45, 7) is -0.646. The Morgan fingerprint density at radius 3 is 2.76 bits per heavy atom. The Bertz CT molecular complexity index is 499. The summed E-state index contributed by atoms with van der Waals surface area (Å²) in [7, 11) is 0. The van der Waals surface area contributed by atoms with Gasteiger partial charge in [0, 0.05) is 6.61 Å². The molecule has 2 aromatic rings. The van der Waals surface area contributed by atoms with Gasteiger partial charge in [-0.1, -0.05) is 0 Å². The average molecular weight is 237 g/mol. The molecule has 1 unspecified atom stereocenters. The standard InChI is InChI=1S/C10H13N4O3/c15-2-1-7(3-16)14-6-13-9-8(4-17)11-5-12-10(9)14/h5-7,15,17H,1-4H2. The van der Waals surface area contributed by atoms with Crippen molar-refractivity contribution in [2.45, 2.75) is 19.1 Å². The fraction of sp³-hybridized carbons (Fsp3) is 0.500. The Labute approximate surface area is 97.4 Å². The van der Waals surface area contributed by atoms with Gasteiger partial charge in [0.2, 0.25) is 0 Å². The zero-order chi connectivity index (χ0) is 12.3. The molecule has 0 spiro atoms. The fourth-order valence-corrected chi connectivity index (χ4v) is 1.74. The lowest BCUT2D eigenvalue weighted by Crippen LogP contribution is -2.14. The van der Waals surface area contributed by atoms with Crippen molar-refractivity contribution < 1.29 is 15.3 Å². The second kappa shape index (κ2) is 5.17. The van der Waals surface area contributed by atoms with Gasteiger partial charge in [0.05, 0.1) is 24.7 Å². The number of hydrogen-bond donors (Lipinski definition) is 2. The number of hydrogen-bond acceptors (Lipinski definition) is 5. The average Bonchev–Trinajstić information content (AvgIpc) is 2.79. The van der Waals surface area contributed by atoms with Crippen LogP contribution in [-0.2, 0) is 11.7 Å². The van der Waals surface area contributed by atoms with E-state index in [0.717, 1.165) is 0 Å². The second-order valence-corrected chi connectivity index (χ2v) is 3.64. The van der Waals surface area contributed by atoms with Gasteiger partial charge in [0.15, 0.2) is 5.65 Å². The number of aliphatic hydroxyl groups excluding tert-OH is 2. The summed E-state index contributed by atoms with van der Waals surface area (Å²) in [6, 6.07) is -0.383. The molecular formula is C10H13N4O3. The van der Waals surface area contributed by atoms with Gasteiger partial charge >= 0.3 is 0 Å². The van der Waals surface area contributed by atoms with Gasteiger partial charge < -0.3 is 14.8 Å². The highest BCUT2D eigenvalue weighted by Crippen LogP contribution is 2.19. The van der Waals surface area contributed by atoms with Gasteiger partial charge in [0.25, 0.3) is 0 Å². The normalized spacial score (nSPS) is 13.1. The molecular weight excluding hydrogens is 224 g/mol. The minimum atomic E-state index is -0.383. The minimum Gasteiger partial charge on any atom is -0.396 e. The first-order valence-electron chi connectivity index (χ1n) is 5.28. The maximum absolute atomic E-state index is 11.1. The van der Waals surface area contributed by atoms with E-state index in [0.29, 0.717) is 23.3 Å². The van der Waals surface area contributed by atoms with Crippen LogP contribution in [0, 0.1) is 0 Å². The molecule has 1 atom stereocenters. The molecule has 0 aromatic carbocycles. The molecule has 2 aromatic heterocycles. The number of imidazole rings is 1. The number of fused-ring (bicyclic) bond motifs is 1. The fourth-order valence-electron chi connectivity index (χ4n) is 1.74. The van der Waals surface area contributed by atoms with Gasteiger partial charge in [-0.05, 0) is 6.42 Å². The first-order chi connectivity index (χ1) is 8.31. The molecule has 7 heteroatoms. The topological polar surface area (TPSA) is 104 Å². The van der Waals surface area contributed by atoms with Crippen LogP contribution in [0.2, 0.25) is 0 Å². The lowest BCUT2D eigenvalue weighted by atomic mass is 10.2. The Morgan fingerprint density at radius 1 is 1.29 bits per heavy atom. The maximum atomic E-state index is 11.1. The third-order valence-electron chi connectivity index (χ3n) is 2.63. The Hall–Kier alpha value is -1.57. The van der Waals surface area contributed by atoms with Gasteiger partial charge in [-0.3, -0.25) is 0 Å². The van der Waals surface area contributed by atoms with E-state index in [9.17, 15) is 5.11 Å². The van der Waals surface area contributed by atoms with Crippen molar-refractivity contribution in [3.05, 3.63) is 18.3 Å². The van der Waals surface area contributed by atoms with E-state index in [1.54, 1.807) is 4.57 Å². The summed E-state index contributed by atoms with van der Waals surface area (Å²) in [5, 5.41) is 29.1. The molecule has 91 valence electrons. The number of nitrogens with zero attached hydrogens (tertiary/aromatic N) is 4. The van der Waals surface area contributed by atoms with Crippen LogP contribution in [0.25, 0.3) is 11.2 Å². The highest BCUT2D eigenvalue weighted by Gasteiger charge is 2.16. The van der Waals surface area contributed by atoms with Crippen LogP contribution in [0.15, 0.2) is 12.7 Å². The van der Waals surface area contributed by atoms with Crippen molar-refractivity contribution in [3.8, 4) is 0 Å². The van der Waals surface area contributed by atoms with E-state index in [2.05, 4.69) is 15.0 Å². The van der Waals surface area contributed by atoms with Gasteiger partial charge in [-0.15, -0.1) is 0 Å².